The maximum Gasteiger partial charge on any atom is 0.258 e. The molecule has 0 fully saturated rings. The van der Waals surface area contributed by atoms with Crippen LogP contribution in [0.3, 0.4) is 0 Å². The van der Waals surface area contributed by atoms with Crippen molar-refractivity contribution in [2.75, 3.05) is 11.4 Å². The van der Waals surface area contributed by atoms with Crippen molar-refractivity contribution in [1.29, 1.82) is 0 Å². The van der Waals surface area contributed by atoms with E-state index in [4.69, 9.17) is 0 Å². The summed E-state index contributed by atoms with van der Waals surface area (Å²) >= 11 is 0. The highest BCUT2D eigenvalue weighted by atomic mass is 19.1. The average Bonchev–Trinajstić information content (AvgIpc) is 3.10. The van der Waals surface area contributed by atoms with Gasteiger partial charge in [0.15, 0.2) is 0 Å². The van der Waals surface area contributed by atoms with E-state index in [1.807, 2.05) is 50.2 Å². The Bertz CT molecular complexity index is 1270. The summed E-state index contributed by atoms with van der Waals surface area (Å²) in [4.78, 5) is 42.1. The van der Waals surface area contributed by atoms with E-state index in [-0.39, 0.29) is 36.7 Å². The van der Waals surface area contributed by atoms with Gasteiger partial charge in [-0.05, 0) is 50.8 Å². The molecule has 7 heteroatoms. The molecule has 0 aliphatic carbocycles. The van der Waals surface area contributed by atoms with Crippen LogP contribution in [0, 0.1) is 5.82 Å². The molecule has 0 radical (unpaired) electrons. The lowest BCUT2D eigenvalue weighted by Gasteiger charge is -2.30. The number of nitrogens with one attached hydrogen (secondary N) is 1. The molecule has 0 aromatic heterocycles. The van der Waals surface area contributed by atoms with E-state index in [1.165, 1.54) is 11.0 Å². The Balaban J connectivity index is 1.47. The smallest absolute Gasteiger partial charge is 0.258 e. The van der Waals surface area contributed by atoms with E-state index in [2.05, 4.69) is 5.32 Å². The van der Waals surface area contributed by atoms with Gasteiger partial charge in [-0.15, -0.1) is 0 Å². The molecule has 1 heterocycles. The van der Waals surface area contributed by atoms with Crippen molar-refractivity contribution in [2.24, 2.45) is 0 Å². The normalized spacial score (nSPS) is 13.4. The van der Waals surface area contributed by atoms with E-state index in [0.717, 1.165) is 16.5 Å². The number of carbonyl (C=O) groups excluding carboxylic acids is 3. The molecule has 3 amide bonds. The van der Waals surface area contributed by atoms with Crippen LogP contribution < -0.4 is 10.2 Å². The molecule has 1 aliphatic rings. The van der Waals surface area contributed by atoms with E-state index >= 15 is 0 Å². The number of rotatable bonds is 9. The zero-order chi connectivity index (χ0) is 25.1. The van der Waals surface area contributed by atoms with Gasteiger partial charge in [0, 0.05) is 42.1 Å². The largest absolute Gasteiger partial charge is 0.352 e. The molecule has 1 N–H and O–H groups in total. The van der Waals surface area contributed by atoms with Gasteiger partial charge in [0.2, 0.25) is 11.8 Å². The first-order valence-corrected chi connectivity index (χ1v) is 11.9. The summed E-state index contributed by atoms with van der Waals surface area (Å²) in [5, 5.41) is 4.77. The molecular weight excluding hydrogens is 445 g/mol. The lowest BCUT2D eigenvalue weighted by Crippen LogP contribution is -2.49. The Morgan fingerprint density at radius 1 is 1.00 bits per heavy atom. The predicted molar refractivity (Wildman–Crippen MR) is 135 cm³/mol. The lowest BCUT2D eigenvalue weighted by atomic mass is 10.1. The summed E-state index contributed by atoms with van der Waals surface area (Å²) in [6.45, 7) is 5.71. The Kier molecular flexibility index (Phi) is 7.15. The van der Waals surface area contributed by atoms with E-state index < -0.39 is 11.9 Å². The number of anilines is 1. The van der Waals surface area contributed by atoms with Gasteiger partial charge in [-0.2, -0.15) is 0 Å². The van der Waals surface area contributed by atoms with Gasteiger partial charge < -0.3 is 15.1 Å². The van der Waals surface area contributed by atoms with Crippen LogP contribution in [0.25, 0.3) is 10.8 Å². The quantitative estimate of drug-likeness (QED) is 0.489. The van der Waals surface area contributed by atoms with Crippen molar-refractivity contribution < 1.29 is 18.8 Å². The molecule has 1 atom stereocenters. The van der Waals surface area contributed by atoms with Gasteiger partial charge in [0.1, 0.15) is 11.9 Å². The van der Waals surface area contributed by atoms with Crippen LogP contribution >= 0.6 is 0 Å². The number of benzene rings is 3. The van der Waals surface area contributed by atoms with Crippen LogP contribution in [-0.4, -0.2) is 41.2 Å². The SMILES string of the molecule is CC(C)NC(=O)C(C)N(Cc1ccccc1F)C(=O)CCCN1C(=O)c2cccc3cccc1c23. The molecule has 0 saturated carbocycles. The molecule has 182 valence electrons. The van der Waals surface area contributed by atoms with Crippen molar-refractivity contribution in [3.05, 3.63) is 77.6 Å². The van der Waals surface area contributed by atoms with Crippen LogP contribution in [0.5, 0.6) is 0 Å². The third kappa shape index (κ3) is 5.04. The number of amides is 3. The Morgan fingerprint density at radius 3 is 2.43 bits per heavy atom. The summed E-state index contributed by atoms with van der Waals surface area (Å²) in [7, 11) is 0. The zero-order valence-electron chi connectivity index (χ0n) is 20.3. The second-order valence-electron chi connectivity index (χ2n) is 9.19. The summed E-state index contributed by atoms with van der Waals surface area (Å²) < 4.78 is 14.3. The molecule has 35 heavy (non-hydrogen) atoms. The first kappa shape index (κ1) is 24.4. The van der Waals surface area contributed by atoms with Gasteiger partial charge in [0.25, 0.3) is 5.91 Å². The number of nitrogens with zero attached hydrogens (tertiary/aromatic N) is 2. The fraction of sp³-hybridized carbons (Fsp3) is 0.321. The minimum absolute atomic E-state index is 0.00835. The Labute approximate surface area is 204 Å². The van der Waals surface area contributed by atoms with E-state index in [0.29, 0.717) is 24.1 Å². The second kappa shape index (κ2) is 10.3. The highest BCUT2D eigenvalue weighted by Gasteiger charge is 2.30. The van der Waals surface area contributed by atoms with Gasteiger partial charge in [-0.1, -0.05) is 42.5 Å². The fourth-order valence-corrected chi connectivity index (χ4v) is 4.53. The molecule has 1 aliphatic heterocycles. The molecule has 4 rings (SSSR count). The van der Waals surface area contributed by atoms with Crippen LogP contribution in [0.4, 0.5) is 10.1 Å². The maximum atomic E-state index is 14.3. The standard InChI is InChI=1S/C28H30FN3O3/c1-18(2)30-27(34)19(3)32(17-21-9-4-5-13-23(21)29)25(33)15-8-16-31-24-14-7-11-20-10-6-12-22(26(20)24)28(31)35/h4-7,9-14,18-19H,8,15-17H2,1-3H3,(H,30,34). The van der Waals surface area contributed by atoms with Crippen LogP contribution in [0.15, 0.2) is 60.7 Å². The summed E-state index contributed by atoms with van der Waals surface area (Å²) in [5.74, 6) is -1.05. The molecule has 3 aromatic carbocycles. The van der Waals surface area contributed by atoms with Gasteiger partial charge >= 0.3 is 0 Å². The molecule has 0 saturated heterocycles. The van der Waals surface area contributed by atoms with Crippen molar-refractivity contribution in [1.82, 2.24) is 10.2 Å². The van der Waals surface area contributed by atoms with Crippen LogP contribution in [0.1, 0.15) is 49.5 Å². The summed E-state index contributed by atoms with van der Waals surface area (Å²) in [6, 6.07) is 16.9. The van der Waals surface area contributed by atoms with Gasteiger partial charge in [-0.25, -0.2) is 4.39 Å². The average molecular weight is 476 g/mol. The Hall–Kier alpha value is -3.74. The third-order valence-electron chi connectivity index (χ3n) is 6.32. The number of hydrogen-bond donors (Lipinski definition) is 1. The lowest BCUT2D eigenvalue weighted by molar-refractivity contribution is -0.140. The fourth-order valence-electron chi connectivity index (χ4n) is 4.53. The van der Waals surface area contributed by atoms with Crippen LogP contribution in [0.2, 0.25) is 0 Å². The first-order valence-electron chi connectivity index (χ1n) is 11.9. The van der Waals surface area contributed by atoms with Crippen LogP contribution in [-0.2, 0) is 16.1 Å². The predicted octanol–water partition coefficient (Wildman–Crippen LogP) is 4.66. The van der Waals surface area contributed by atoms with Gasteiger partial charge in [-0.3, -0.25) is 14.4 Å². The number of halogens is 1. The van der Waals surface area contributed by atoms with E-state index in [1.54, 1.807) is 30.0 Å². The minimum atomic E-state index is -0.768. The third-order valence-corrected chi connectivity index (χ3v) is 6.32. The first-order chi connectivity index (χ1) is 16.8. The second-order valence-corrected chi connectivity index (χ2v) is 9.19. The summed E-state index contributed by atoms with van der Waals surface area (Å²) in [6.07, 6.45) is 0.547. The van der Waals surface area contributed by atoms with E-state index in [9.17, 15) is 18.8 Å². The zero-order valence-corrected chi connectivity index (χ0v) is 20.3. The molecular formula is C28H30FN3O3. The van der Waals surface area contributed by atoms with Crippen molar-refractivity contribution in [3.63, 3.8) is 0 Å². The van der Waals surface area contributed by atoms with Gasteiger partial charge in [0.05, 0.1) is 5.69 Å². The highest BCUT2D eigenvalue weighted by molar-refractivity contribution is 6.25. The Morgan fingerprint density at radius 2 is 1.71 bits per heavy atom. The molecule has 0 bridgehead atoms. The molecule has 6 nitrogen and oxygen atoms in total. The topological polar surface area (TPSA) is 69.7 Å². The monoisotopic (exact) mass is 475 g/mol. The molecule has 3 aromatic rings. The molecule has 0 spiro atoms. The minimum Gasteiger partial charge on any atom is -0.352 e. The van der Waals surface area contributed by atoms with Crippen molar-refractivity contribution in [2.45, 2.75) is 52.2 Å². The van der Waals surface area contributed by atoms with Crippen molar-refractivity contribution in [3.8, 4) is 0 Å². The molecule has 1 unspecified atom stereocenters. The summed E-state index contributed by atoms with van der Waals surface area (Å²) in [5.41, 5.74) is 1.87. The maximum absolute atomic E-state index is 14.3. The number of carbonyl (C=O) groups is 3. The highest BCUT2D eigenvalue weighted by Crippen LogP contribution is 2.37. The van der Waals surface area contributed by atoms with Crippen molar-refractivity contribution >= 4 is 34.2 Å². The number of hydrogen-bond acceptors (Lipinski definition) is 3.